The summed E-state index contributed by atoms with van der Waals surface area (Å²) in [6.07, 6.45) is 0.614. The van der Waals surface area contributed by atoms with Crippen LogP contribution in [-0.2, 0) is 0 Å². The molecule has 0 heterocycles. The van der Waals surface area contributed by atoms with Crippen LogP contribution in [0.5, 0.6) is 0 Å². The number of hydrogen-bond donors (Lipinski definition) is 2. The molecule has 0 saturated heterocycles. The lowest BCUT2D eigenvalue weighted by Crippen LogP contribution is -2.24. The van der Waals surface area contributed by atoms with Crippen molar-refractivity contribution in [2.24, 2.45) is 11.3 Å². The van der Waals surface area contributed by atoms with Crippen molar-refractivity contribution in [2.75, 3.05) is 13.1 Å². The van der Waals surface area contributed by atoms with Crippen LogP contribution < -0.4 is 5.32 Å². The molecule has 2 rings (SSSR count). The van der Waals surface area contributed by atoms with Gasteiger partial charge in [-0.25, -0.2) is 4.39 Å². The second-order valence-corrected chi connectivity index (χ2v) is 5.62. The highest BCUT2D eigenvalue weighted by Crippen LogP contribution is 2.50. The Balaban J connectivity index is 1.76. The van der Waals surface area contributed by atoms with Crippen molar-refractivity contribution in [2.45, 2.75) is 26.4 Å². The third-order valence-electron chi connectivity index (χ3n) is 3.68. The number of aliphatic hydroxyl groups excluding tert-OH is 1. The van der Waals surface area contributed by atoms with Gasteiger partial charge in [-0.3, -0.25) is 0 Å². The summed E-state index contributed by atoms with van der Waals surface area (Å²) in [4.78, 5) is 0. The van der Waals surface area contributed by atoms with Crippen LogP contribution >= 0.6 is 0 Å². The van der Waals surface area contributed by atoms with E-state index in [9.17, 15) is 9.50 Å². The van der Waals surface area contributed by atoms with E-state index in [0.29, 0.717) is 23.4 Å². The van der Waals surface area contributed by atoms with Gasteiger partial charge in [0.05, 0.1) is 6.10 Å². The molecule has 0 spiro atoms. The fraction of sp³-hybridized carbons (Fsp3) is 0.571. The molecule has 1 aromatic rings. The van der Waals surface area contributed by atoms with Crippen LogP contribution in [0.1, 0.15) is 31.9 Å². The van der Waals surface area contributed by atoms with E-state index in [0.717, 1.165) is 6.54 Å². The standard InChI is InChI=1S/C14H20FNO/c1-14(2)7-11(14)8-16-9-13(17)10-4-3-5-12(15)6-10/h3-6,11,13,16-17H,7-9H2,1-2H3. The van der Waals surface area contributed by atoms with Crippen LogP contribution in [-0.4, -0.2) is 18.2 Å². The van der Waals surface area contributed by atoms with Crippen molar-refractivity contribution < 1.29 is 9.50 Å². The molecule has 0 bridgehead atoms. The van der Waals surface area contributed by atoms with Gasteiger partial charge in [0, 0.05) is 6.54 Å². The number of halogens is 1. The smallest absolute Gasteiger partial charge is 0.123 e. The summed E-state index contributed by atoms with van der Waals surface area (Å²) in [6.45, 7) is 5.92. The molecule has 0 amide bonds. The first kappa shape index (κ1) is 12.5. The number of rotatable bonds is 5. The maximum Gasteiger partial charge on any atom is 0.123 e. The molecule has 2 N–H and O–H groups in total. The van der Waals surface area contributed by atoms with Gasteiger partial charge >= 0.3 is 0 Å². The molecule has 1 fully saturated rings. The Hall–Kier alpha value is -0.930. The zero-order valence-electron chi connectivity index (χ0n) is 10.4. The van der Waals surface area contributed by atoms with Crippen LogP contribution in [0.2, 0.25) is 0 Å². The van der Waals surface area contributed by atoms with E-state index < -0.39 is 6.10 Å². The summed E-state index contributed by atoms with van der Waals surface area (Å²) in [5.41, 5.74) is 1.09. The molecule has 3 heteroatoms. The van der Waals surface area contributed by atoms with Crippen LogP contribution in [0.3, 0.4) is 0 Å². The number of benzene rings is 1. The van der Waals surface area contributed by atoms with Gasteiger partial charge in [-0.15, -0.1) is 0 Å². The summed E-state index contributed by atoms with van der Waals surface area (Å²) >= 11 is 0. The SMILES string of the molecule is CC1(C)CC1CNCC(O)c1cccc(F)c1. The largest absolute Gasteiger partial charge is 0.387 e. The van der Waals surface area contributed by atoms with Crippen molar-refractivity contribution in [1.82, 2.24) is 5.32 Å². The highest BCUT2D eigenvalue weighted by molar-refractivity contribution is 5.18. The molecule has 1 aromatic carbocycles. The van der Waals surface area contributed by atoms with Gasteiger partial charge in [-0.05, 0) is 42.0 Å². The molecule has 17 heavy (non-hydrogen) atoms. The molecule has 2 atom stereocenters. The molecule has 0 aromatic heterocycles. The Kier molecular flexibility index (Phi) is 3.50. The second-order valence-electron chi connectivity index (χ2n) is 5.62. The van der Waals surface area contributed by atoms with Crippen molar-refractivity contribution in [3.8, 4) is 0 Å². The maximum absolute atomic E-state index is 13.0. The quantitative estimate of drug-likeness (QED) is 0.824. The lowest BCUT2D eigenvalue weighted by atomic mass is 10.1. The van der Waals surface area contributed by atoms with Crippen molar-refractivity contribution in [1.29, 1.82) is 0 Å². The molecule has 1 aliphatic carbocycles. The van der Waals surface area contributed by atoms with Crippen molar-refractivity contribution in [3.05, 3.63) is 35.6 Å². The van der Waals surface area contributed by atoms with Gasteiger partial charge in [0.15, 0.2) is 0 Å². The molecule has 2 nitrogen and oxygen atoms in total. The minimum Gasteiger partial charge on any atom is -0.387 e. The van der Waals surface area contributed by atoms with Gasteiger partial charge in [0.1, 0.15) is 5.82 Å². The van der Waals surface area contributed by atoms with Crippen molar-refractivity contribution in [3.63, 3.8) is 0 Å². The van der Waals surface area contributed by atoms with Gasteiger partial charge < -0.3 is 10.4 Å². The Bertz CT molecular complexity index is 392. The third kappa shape index (κ3) is 3.27. The van der Waals surface area contributed by atoms with Crippen molar-refractivity contribution >= 4 is 0 Å². The van der Waals surface area contributed by atoms with E-state index >= 15 is 0 Å². The Morgan fingerprint density at radius 3 is 2.82 bits per heavy atom. The Morgan fingerprint density at radius 2 is 2.24 bits per heavy atom. The molecular formula is C14H20FNO. The average Bonchev–Trinajstić information content (AvgIpc) is 2.86. The van der Waals surface area contributed by atoms with Crippen LogP contribution in [0.25, 0.3) is 0 Å². The van der Waals surface area contributed by atoms with E-state index in [4.69, 9.17) is 0 Å². The van der Waals surface area contributed by atoms with E-state index in [1.54, 1.807) is 12.1 Å². The third-order valence-corrected chi connectivity index (χ3v) is 3.68. The summed E-state index contributed by atoms with van der Waals surface area (Å²) in [5.74, 6) is 0.409. The minimum absolute atomic E-state index is 0.301. The Labute approximate surface area is 102 Å². The maximum atomic E-state index is 13.0. The molecule has 0 aliphatic heterocycles. The van der Waals surface area contributed by atoms with E-state index in [2.05, 4.69) is 19.2 Å². The number of aliphatic hydroxyl groups is 1. The normalized spacial score (nSPS) is 23.4. The zero-order chi connectivity index (χ0) is 12.5. The highest BCUT2D eigenvalue weighted by atomic mass is 19.1. The van der Waals surface area contributed by atoms with E-state index in [1.165, 1.54) is 18.6 Å². The molecular weight excluding hydrogens is 217 g/mol. The van der Waals surface area contributed by atoms with Gasteiger partial charge in [-0.2, -0.15) is 0 Å². The lowest BCUT2D eigenvalue weighted by Gasteiger charge is -2.12. The first-order valence-corrected chi connectivity index (χ1v) is 6.13. The fourth-order valence-corrected chi connectivity index (χ4v) is 2.15. The molecule has 94 valence electrons. The summed E-state index contributed by atoms with van der Waals surface area (Å²) in [5, 5.41) is 13.1. The Morgan fingerprint density at radius 1 is 1.53 bits per heavy atom. The topological polar surface area (TPSA) is 32.3 Å². The van der Waals surface area contributed by atoms with Crippen LogP contribution in [0, 0.1) is 17.2 Å². The fourth-order valence-electron chi connectivity index (χ4n) is 2.15. The first-order valence-electron chi connectivity index (χ1n) is 6.13. The average molecular weight is 237 g/mol. The summed E-state index contributed by atoms with van der Waals surface area (Å²) < 4.78 is 13.0. The second kappa shape index (κ2) is 4.75. The van der Waals surface area contributed by atoms with Gasteiger partial charge in [-0.1, -0.05) is 26.0 Å². The van der Waals surface area contributed by atoms with E-state index in [-0.39, 0.29) is 5.82 Å². The zero-order valence-corrected chi connectivity index (χ0v) is 10.4. The van der Waals surface area contributed by atoms with Crippen LogP contribution in [0.4, 0.5) is 4.39 Å². The van der Waals surface area contributed by atoms with Gasteiger partial charge in [0.2, 0.25) is 0 Å². The summed E-state index contributed by atoms with van der Waals surface area (Å²) in [7, 11) is 0. The predicted octanol–water partition coefficient (Wildman–Crippen LogP) is 2.49. The predicted molar refractivity (Wildman–Crippen MR) is 66.1 cm³/mol. The highest BCUT2D eigenvalue weighted by Gasteiger charge is 2.44. The van der Waals surface area contributed by atoms with Gasteiger partial charge in [0.25, 0.3) is 0 Å². The van der Waals surface area contributed by atoms with Crippen LogP contribution in [0.15, 0.2) is 24.3 Å². The number of nitrogens with one attached hydrogen (secondary N) is 1. The monoisotopic (exact) mass is 237 g/mol. The molecule has 1 saturated carbocycles. The number of hydrogen-bond acceptors (Lipinski definition) is 2. The molecule has 0 radical (unpaired) electrons. The minimum atomic E-state index is -0.632. The molecule has 1 aliphatic rings. The lowest BCUT2D eigenvalue weighted by molar-refractivity contribution is 0.173. The summed E-state index contributed by atoms with van der Waals surface area (Å²) in [6, 6.07) is 6.14. The molecule has 2 unspecified atom stereocenters. The first-order chi connectivity index (χ1) is 7.99. The van der Waals surface area contributed by atoms with E-state index in [1.807, 2.05) is 0 Å².